The third kappa shape index (κ3) is 7.21. The van der Waals surface area contributed by atoms with Crippen LogP contribution >= 0.6 is 0 Å². The first-order valence-corrected chi connectivity index (χ1v) is 11.3. The lowest BCUT2D eigenvalue weighted by Crippen LogP contribution is -2.10. The highest BCUT2D eigenvalue weighted by molar-refractivity contribution is 5.93. The maximum atomic E-state index is 11.7. The number of carboxylic acids is 1. The Morgan fingerprint density at radius 3 is 1.81 bits per heavy atom. The minimum atomic E-state index is -0.994. The van der Waals surface area contributed by atoms with Gasteiger partial charge in [0, 0.05) is 0 Å². The molecule has 0 saturated carbocycles. The van der Waals surface area contributed by atoms with E-state index in [-0.39, 0.29) is 22.3 Å². The highest BCUT2D eigenvalue weighted by Crippen LogP contribution is 2.28. The third-order valence-electron chi connectivity index (χ3n) is 5.14. The van der Waals surface area contributed by atoms with Crippen molar-refractivity contribution in [1.82, 2.24) is 0 Å². The monoisotopic (exact) mass is 484 g/mol. The zero-order chi connectivity index (χ0) is 26.1. The number of aromatic carboxylic acids is 1. The number of carbonyl (C=O) groups excluding carboxylic acids is 1. The molecule has 0 amide bonds. The quantitative estimate of drug-likeness (QED) is 0.232. The van der Waals surface area contributed by atoms with E-state index in [0.717, 1.165) is 0 Å². The van der Waals surface area contributed by atoms with Crippen molar-refractivity contribution in [3.63, 3.8) is 0 Å². The number of phenolic OH excluding ortho intramolecular Hbond substituents is 1. The fourth-order valence-electron chi connectivity index (χ4n) is 3.18. The average molecular weight is 485 g/mol. The van der Waals surface area contributed by atoms with Gasteiger partial charge in [-0.25, -0.2) is 9.59 Å². The second kappa shape index (κ2) is 11.7. The Morgan fingerprint density at radius 1 is 0.667 bits per heavy atom. The van der Waals surface area contributed by atoms with Crippen molar-refractivity contribution >= 4 is 11.9 Å². The topological polar surface area (TPSA) is 93.1 Å². The van der Waals surface area contributed by atoms with E-state index in [1.54, 1.807) is 54.6 Å². The Kier molecular flexibility index (Phi) is 8.47. The molecule has 0 aliphatic carbocycles. The molecule has 0 aliphatic rings. The third-order valence-corrected chi connectivity index (χ3v) is 5.14. The predicted octanol–water partition coefficient (Wildman–Crippen LogP) is 7.09. The number of ether oxygens (including phenoxy) is 2. The molecule has 2 N–H and O–H groups in total. The first kappa shape index (κ1) is 26.0. The number of esters is 1. The predicted molar refractivity (Wildman–Crippen MR) is 138 cm³/mol. The van der Waals surface area contributed by atoms with Crippen molar-refractivity contribution in [3.05, 3.63) is 120 Å². The summed E-state index contributed by atoms with van der Waals surface area (Å²) in [6.45, 7) is 6.42. The lowest BCUT2D eigenvalue weighted by Gasteiger charge is -2.19. The number of carboxylic acid groups (broad SMARTS) is 1. The second-order valence-electron chi connectivity index (χ2n) is 8.90. The summed E-state index contributed by atoms with van der Waals surface area (Å²) in [6, 6.07) is 29.3. The largest absolute Gasteiger partial charge is 0.507 e. The summed E-state index contributed by atoms with van der Waals surface area (Å²) in [5.41, 5.74) is 1.60. The molecule has 0 fully saturated rings. The number of para-hydroxylation sites is 3. The van der Waals surface area contributed by atoms with Gasteiger partial charge in [0.15, 0.2) is 0 Å². The molecule has 0 radical (unpaired) electrons. The van der Waals surface area contributed by atoms with Gasteiger partial charge in [-0.05, 0) is 59.5 Å². The van der Waals surface area contributed by atoms with Gasteiger partial charge in [0.2, 0.25) is 0 Å². The van der Waals surface area contributed by atoms with Crippen LogP contribution in [0.25, 0.3) is 0 Å². The van der Waals surface area contributed by atoms with Crippen LogP contribution in [0.5, 0.6) is 23.0 Å². The van der Waals surface area contributed by atoms with Crippen molar-refractivity contribution in [2.45, 2.75) is 26.2 Å². The van der Waals surface area contributed by atoms with Gasteiger partial charge in [0.25, 0.3) is 0 Å². The van der Waals surface area contributed by atoms with Crippen LogP contribution in [0, 0.1) is 0 Å². The lowest BCUT2D eigenvalue weighted by atomic mass is 9.87. The van der Waals surface area contributed by atoms with Crippen LogP contribution in [0.4, 0.5) is 0 Å². The molecule has 0 unspecified atom stereocenters. The number of aromatic hydroxyl groups is 1. The SMILES string of the molecule is CC(C)(C)c1ccc(Oc2ccccc2C(=O)O)cc1.O=C(Oc1ccccc1)c1ccccc1O. The average Bonchev–Trinajstić information content (AvgIpc) is 2.85. The molecule has 0 aromatic heterocycles. The molecule has 0 atom stereocenters. The minimum absolute atomic E-state index is 0.0802. The fourth-order valence-corrected chi connectivity index (χ4v) is 3.18. The maximum Gasteiger partial charge on any atom is 0.347 e. The summed E-state index contributed by atoms with van der Waals surface area (Å²) >= 11 is 0. The van der Waals surface area contributed by atoms with Gasteiger partial charge in [0.05, 0.1) is 0 Å². The van der Waals surface area contributed by atoms with Crippen LogP contribution in [0.15, 0.2) is 103 Å². The Labute approximate surface area is 210 Å². The molecule has 0 spiro atoms. The lowest BCUT2D eigenvalue weighted by molar-refractivity contribution is 0.0691. The second-order valence-corrected chi connectivity index (χ2v) is 8.90. The standard InChI is InChI=1S/C17H18O3.C13H10O3/c1-17(2,3)12-8-10-13(11-9-12)20-15-7-5-4-6-14(15)16(18)19;14-12-9-5-4-8-11(12)13(15)16-10-6-2-1-3-7-10/h4-11H,1-3H3,(H,18,19);1-9,14H. The van der Waals surface area contributed by atoms with Crippen LogP contribution in [0.1, 0.15) is 47.1 Å². The minimum Gasteiger partial charge on any atom is -0.507 e. The van der Waals surface area contributed by atoms with Gasteiger partial charge in [-0.2, -0.15) is 0 Å². The normalized spacial score (nSPS) is 10.5. The summed E-state index contributed by atoms with van der Waals surface area (Å²) in [4.78, 5) is 22.8. The number of carbonyl (C=O) groups is 2. The number of benzene rings is 4. The molecule has 6 nitrogen and oxygen atoms in total. The van der Waals surface area contributed by atoms with E-state index >= 15 is 0 Å². The van der Waals surface area contributed by atoms with Crippen LogP contribution in [-0.2, 0) is 5.41 Å². The molecule has 6 heteroatoms. The van der Waals surface area contributed by atoms with E-state index in [1.807, 2.05) is 30.3 Å². The van der Waals surface area contributed by atoms with Crippen LogP contribution in [-0.4, -0.2) is 22.2 Å². The van der Waals surface area contributed by atoms with E-state index in [1.165, 1.54) is 23.8 Å². The molecule has 4 rings (SSSR count). The van der Waals surface area contributed by atoms with Crippen LogP contribution in [0.2, 0.25) is 0 Å². The highest BCUT2D eigenvalue weighted by atomic mass is 16.5. The van der Waals surface area contributed by atoms with Crippen molar-refractivity contribution in [3.8, 4) is 23.0 Å². The molecular weight excluding hydrogens is 456 g/mol. The zero-order valence-electron chi connectivity index (χ0n) is 20.3. The summed E-state index contributed by atoms with van der Waals surface area (Å²) in [5, 5.41) is 18.6. The molecule has 0 bridgehead atoms. The number of hydrogen-bond acceptors (Lipinski definition) is 5. The van der Waals surface area contributed by atoms with Gasteiger partial charge < -0.3 is 19.7 Å². The summed E-state index contributed by atoms with van der Waals surface area (Å²) < 4.78 is 10.7. The first-order chi connectivity index (χ1) is 17.1. The van der Waals surface area contributed by atoms with Crippen LogP contribution in [0.3, 0.4) is 0 Å². The molecule has 0 aliphatic heterocycles. The molecule has 4 aromatic rings. The van der Waals surface area contributed by atoms with E-state index in [4.69, 9.17) is 14.6 Å². The molecular formula is C30H28O6. The zero-order valence-corrected chi connectivity index (χ0v) is 20.3. The van der Waals surface area contributed by atoms with E-state index < -0.39 is 11.9 Å². The summed E-state index contributed by atoms with van der Waals surface area (Å²) in [6.07, 6.45) is 0. The Hall–Kier alpha value is -4.58. The summed E-state index contributed by atoms with van der Waals surface area (Å²) in [5.74, 6) is -0.203. The van der Waals surface area contributed by atoms with Gasteiger partial charge in [-0.1, -0.05) is 75.4 Å². The Morgan fingerprint density at radius 2 is 1.22 bits per heavy atom. The smallest absolute Gasteiger partial charge is 0.347 e. The van der Waals surface area contributed by atoms with Crippen LogP contribution < -0.4 is 9.47 Å². The first-order valence-electron chi connectivity index (χ1n) is 11.3. The Balaban J connectivity index is 0.000000205. The maximum absolute atomic E-state index is 11.7. The van der Waals surface area contributed by atoms with Gasteiger partial charge in [0.1, 0.15) is 34.1 Å². The molecule has 0 saturated heterocycles. The van der Waals surface area contributed by atoms with Crippen molar-refractivity contribution in [2.75, 3.05) is 0 Å². The molecule has 184 valence electrons. The molecule has 0 heterocycles. The van der Waals surface area contributed by atoms with Crippen molar-refractivity contribution in [1.29, 1.82) is 0 Å². The molecule has 4 aromatic carbocycles. The van der Waals surface area contributed by atoms with E-state index in [9.17, 15) is 14.7 Å². The van der Waals surface area contributed by atoms with Crippen molar-refractivity contribution < 1.29 is 29.3 Å². The fraction of sp³-hybridized carbons (Fsp3) is 0.133. The molecule has 36 heavy (non-hydrogen) atoms. The highest BCUT2D eigenvalue weighted by Gasteiger charge is 2.15. The van der Waals surface area contributed by atoms with E-state index in [2.05, 4.69) is 20.8 Å². The van der Waals surface area contributed by atoms with E-state index in [0.29, 0.717) is 17.2 Å². The Bertz CT molecular complexity index is 1310. The summed E-state index contributed by atoms with van der Waals surface area (Å²) in [7, 11) is 0. The van der Waals surface area contributed by atoms with Gasteiger partial charge >= 0.3 is 11.9 Å². The van der Waals surface area contributed by atoms with Gasteiger partial charge in [-0.3, -0.25) is 0 Å². The number of rotatable bonds is 5. The van der Waals surface area contributed by atoms with Crippen molar-refractivity contribution in [2.24, 2.45) is 0 Å². The van der Waals surface area contributed by atoms with Gasteiger partial charge in [-0.15, -0.1) is 0 Å². The number of phenols is 1. The number of hydrogen-bond donors (Lipinski definition) is 2.